The molecule has 7 heteroatoms. The number of benzene rings is 2. The Labute approximate surface area is 173 Å². The molecular weight excluding hydrogens is 395 g/mol. The number of rotatable bonds is 5. The Balaban J connectivity index is 1.57. The van der Waals surface area contributed by atoms with Gasteiger partial charge in [0.05, 0.1) is 19.3 Å². The summed E-state index contributed by atoms with van der Waals surface area (Å²) in [6, 6.07) is 12.2. The Hall–Kier alpha value is -2.41. The van der Waals surface area contributed by atoms with Crippen molar-refractivity contribution in [2.45, 2.75) is 13.0 Å². The molecule has 4 rings (SSSR count). The first-order valence-electron chi connectivity index (χ1n) is 9.58. The summed E-state index contributed by atoms with van der Waals surface area (Å²) in [5.41, 5.74) is 1.67. The number of furan rings is 1. The van der Waals surface area contributed by atoms with Crippen molar-refractivity contribution in [2.75, 3.05) is 32.8 Å². The molecule has 152 valence electrons. The number of ether oxygens (including phenoxy) is 1. The van der Waals surface area contributed by atoms with E-state index in [1.807, 2.05) is 24.3 Å². The number of amides is 1. The molecule has 1 unspecified atom stereocenters. The fourth-order valence-electron chi connectivity index (χ4n) is 3.77. The predicted octanol–water partition coefficient (Wildman–Crippen LogP) is 4.34. The maximum Gasteiger partial charge on any atom is 0.287 e. The number of carbonyl (C=O) groups is 1. The molecule has 0 spiro atoms. The van der Waals surface area contributed by atoms with Gasteiger partial charge in [-0.2, -0.15) is 0 Å². The average molecular weight is 417 g/mol. The van der Waals surface area contributed by atoms with Crippen LogP contribution in [0.25, 0.3) is 11.0 Å². The number of morpholine rings is 1. The summed E-state index contributed by atoms with van der Waals surface area (Å²) in [5.74, 6) is -0.722. The van der Waals surface area contributed by atoms with E-state index in [2.05, 4.69) is 10.2 Å². The summed E-state index contributed by atoms with van der Waals surface area (Å²) in [4.78, 5) is 15.1. The topological polar surface area (TPSA) is 54.7 Å². The molecule has 1 aliphatic rings. The predicted molar refractivity (Wildman–Crippen MR) is 110 cm³/mol. The van der Waals surface area contributed by atoms with Crippen LogP contribution in [-0.2, 0) is 4.74 Å². The Morgan fingerprint density at radius 2 is 1.97 bits per heavy atom. The molecule has 0 aliphatic carbocycles. The number of fused-ring (bicyclic) bond motifs is 1. The highest BCUT2D eigenvalue weighted by molar-refractivity contribution is 6.31. The standard InChI is InChI=1S/C22H22ClFN2O3/c1-14-15-6-4-8-18(24)21(15)29-20(14)22(27)25-13-19(26-9-11-28-12-10-26)16-5-2-3-7-17(16)23/h2-8,19H,9-13H2,1H3,(H,25,27). The van der Waals surface area contributed by atoms with Crippen molar-refractivity contribution in [1.82, 2.24) is 10.2 Å². The number of nitrogens with one attached hydrogen (secondary N) is 1. The maximum absolute atomic E-state index is 14.0. The summed E-state index contributed by atoms with van der Waals surface area (Å²) in [6.45, 7) is 4.88. The van der Waals surface area contributed by atoms with Crippen molar-refractivity contribution in [3.63, 3.8) is 0 Å². The lowest BCUT2D eigenvalue weighted by molar-refractivity contribution is 0.0162. The van der Waals surface area contributed by atoms with Crippen LogP contribution < -0.4 is 5.32 Å². The van der Waals surface area contributed by atoms with Crippen LogP contribution >= 0.6 is 11.6 Å². The highest BCUT2D eigenvalue weighted by Gasteiger charge is 2.26. The second-order valence-corrected chi connectivity index (χ2v) is 7.48. The van der Waals surface area contributed by atoms with E-state index in [1.165, 1.54) is 6.07 Å². The molecular formula is C22H22ClFN2O3. The SMILES string of the molecule is Cc1c(C(=O)NCC(c2ccccc2Cl)N2CCOCC2)oc2c(F)cccc12. The molecule has 1 saturated heterocycles. The summed E-state index contributed by atoms with van der Waals surface area (Å²) < 4.78 is 25.0. The number of para-hydroxylation sites is 1. The Bertz CT molecular complexity index is 1030. The Morgan fingerprint density at radius 1 is 1.21 bits per heavy atom. The molecule has 1 N–H and O–H groups in total. The molecule has 1 atom stereocenters. The summed E-state index contributed by atoms with van der Waals surface area (Å²) in [5, 5.41) is 4.20. The van der Waals surface area contributed by atoms with Gasteiger partial charge in [0, 0.05) is 35.6 Å². The van der Waals surface area contributed by atoms with E-state index in [1.54, 1.807) is 19.1 Å². The van der Waals surface area contributed by atoms with Crippen LogP contribution in [0.1, 0.15) is 27.7 Å². The molecule has 1 fully saturated rings. The molecule has 2 heterocycles. The molecule has 1 amide bonds. The van der Waals surface area contributed by atoms with Gasteiger partial charge in [-0.3, -0.25) is 9.69 Å². The van der Waals surface area contributed by atoms with Gasteiger partial charge < -0.3 is 14.5 Å². The van der Waals surface area contributed by atoms with Crippen LogP contribution in [0.5, 0.6) is 0 Å². The van der Waals surface area contributed by atoms with Crippen LogP contribution in [0.2, 0.25) is 5.02 Å². The van der Waals surface area contributed by atoms with E-state index >= 15 is 0 Å². The van der Waals surface area contributed by atoms with Gasteiger partial charge in [-0.05, 0) is 24.6 Å². The molecule has 1 aliphatic heterocycles. The zero-order valence-electron chi connectivity index (χ0n) is 16.1. The first kappa shape index (κ1) is 19.9. The lowest BCUT2D eigenvalue weighted by atomic mass is 10.0. The van der Waals surface area contributed by atoms with E-state index in [4.69, 9.17) is 20.8 Å². The number of nitrogens with zero attached hydrogens (tertiary/aromatic N) is 1. The quantitative estimate of drug-likeness (QED) is 0.672. The van der Waals surface area contributed by atoms with E-state index in [-0.39, 0.29) is 23.3 Å². The van der Waals surface area contributed by atoms with Gasteiger partial charge in [0.2, 0.25) is 0 Å². The molecule has 0 bridgehead atoms. The summed E-state index contributed by atoms with van der Waals surface area (Å²) in [7, 11) is 0. The van der Waals surface area contributed by atoms with Gasteiger partial charge in [0.15, 0.2) is 17.2 Å². The smallest absolute Gasteiger partial charge is 0.287 e. The average Bonchev–Trinajstić information content (AvgIpc) is 3.08. The second kappa shape index (κ2) is 8.53. The van der Waals surface area contributed by atoms with Crippen molar-refractivity contribution >= 4 is 28.5 Å². The van der Waals surface area contributed by atoms with E-state index < -0.39 is 5.82 Å². The Morgan fingerprint density at radius 3 is 2.69 bits per heavy atom. The molecule has 1 aromatic heterocycles. The highest BCUT2D eigenvalue weighted by Crippen LogP contribution is 2.29. The number of aryl methyl sites for hydroxylation is 1. The minimum absolute atomic E-state index is 0.0991. The molecule has 5 nitrogen and oxygen atoms in total. The second-order valence-electron chi connectivity index (χ2n) is 7.07. The van der Waals surface area contributed by atoms with Crippen LogP contribution in [0, 0.1) is 12.7 Å². The van der Waals surface area contributed by atoms with Gasteiger partial charge >= 0.3 is 0 Å². The van der Waals surface area contributed by atoms with Crippen molar-refractivity contribution in [3.05, 3.63) is 70.2 Å². The summed E-state index contributed by atoms with van der Waals surface area (Å²) in [6.07, 6.45) is 0. The van der Waals surface area contributed by atoms with Gasteiger partial charge in [-0.15, -0.1) is 0 Å². The van der Waals surface area contributed by atoms with Gasteiger partial charge in [-0.1, -0.05) is 41.9 Å². The minimum Gasteiger partial charge on any atom is -0.448 e. The zero-order valence-corrected chi connectivity index (χ0v) is 16.8. The largest absolute Gasteiger partial charge is 0.448 e. The third-order valence-electron chi connectivity index (χ3n) is 5.33. The number of hydrogen-bond acceptors (Lipinski definition) is 4. The van der Waals surface area contributed by atoms with Gasteiger partial charge in [0.1, 0.15) is 0 Å². The van der Waals surface area contributed by atoms with Crippen LogP contribution in [0.15, 0.2) is 46.9 Å². The molecule has 3 aromatic rings. The van der Waals surface area contributed by atoms with Crippen molar-refractivity contribution < 1.29 is 18.3 Å². The molecule has 2 aromatic carbocycles. The fraction of sp³-hybridized carbons (Fsp3) is 0.318. The highest BCUT2D eigenvalue weighted by atomic mass is 35.5. The minimum atomic E-state index is -0.480. The number of carbonyl (C=O) groups excluding carboxylic acids is 1. The number of hydrogen-bond donors (Lipinski definition) is 1. The van der Waals surface area contributed by atoms with Crippen LogP contribution in [0.3, 0.4) is 0 Å². The van der Waals surface area contributed by atoms with E-state index in [0.717, 1.165) is 18.7 Å². The fourth-order valence-corrected chi connectivity index (χ4v) is 4.03. The monoisotopic (exact) mass is 416 g/mol. The van der Waals surface area contributed by atoms with Gasteiger partial charge in [-0.25, -0.2) is 4.39 Å². The molecule has 0 radical (unpaired) electrons. The van der Waals surface area contributed by atoms with E-state index in [0.29, 0.717) is 35.7 Å². The lowest BCUT2D eigenvalue weighted by Gasteiger charge is -2.35. The van der Waals surface area contributed by atoms with Crippen molar-refractivity contribution in [3.8, 4) is 0 Å². The first-order valence-corrected chi connectivity index (χ1v) is 9.96. The maximum atomic E-state index is 14.0. The van der Waals surface area contributed by atoms with Crippen molar-refractivity contribution in [1.29, 1.82) is 0 Å². The number of halogens is 2. The van der Waals surface area contributed by atoms with Crippen LogP contribution in [0.4, 0.5) is 4.39 Å². The van der Waals surface area contributed by atoms with E-state index in [9.17, 15) is 9.18 Å². The molecule has 29 heavy (non-hydrogen) atoms. The normalized spacial score (nSPS) is 16.1. The third kappa shape index (κ3) is 4.01. The van der Waals surface area contributed by atoms with Crippen molar-refractivity contribution in [2.24, 2.45) is 0 Å². The van der Waals surface area contributed by atoms with Crippen LogP contribution in [-0.4, -0.2) is 43.7 Å². The lowest BCUT2D eigenvalue weighted by Crippen LogP contribution is -2.44. The summed E-state index contributed by atoms with van der Waals surface area (Å²) >= 11 is 6.44. The molecule has 0 saturated carbocycles. The Kier molecular flexibility index (Phi) is 5.85. The zero-order chi connectivity index (χ0) is 20.4. The third-order valence-corrected chi connectivity index (χ3v) is 5.67. The first-order chi connectivity index (χ1) is 14.1. The van der Waals surface area contributed by atoms with Gasteiger partial charge in [0.25, 0.3) is 5.91 Å².